The number of anilines is 1. The van der Waals surface area contributed by atoms with Crippen molar-refractivity contribution < 1.29 is 38.2 Å². The van der Waals surface area contributed by atoms with E-state index in [0.29, 0.717) is 19.6 Å². The molecule has 1 unspecified atom stereocenters. The second kappa shape index (κ2) is 11.5. The van der Waals surface area contributed by atoms with Gasteiger partial charge in [-0.1, -0.05) is 12.5 Å². The molecule has 5 amide bonds. The summed E-state index contributed by atoms with van der Waals surface area (Å²) in [5, 5.41) is 4.84. The number of piperidine rings is 1. The van der Waals surface area contributed by atoms with Gasteiger partial charge in [0.05, 0.1) is 23.4 Å². The molecule has 0 aliphatic carbocycles. The highest BCUT2D eigenvalue weighted by Crippen LogP contribution is 2.32. The van der Waals surface area contributed by atoms with E-state index in [0.717, 1.165) is 17.7 Å². The number of fused-ring (bicyclic) bond motifs is 1. The minimum Gasteiger partial charge on any atom is -0.463 e. The molecule has 3 rings (SSSR count). The number of esters is 1. The van der Waals surface area contributed by atoms with Crippen LogP contribution >= 0.6 is 0 Å². The average molecular weight is 473 g/mol. The molecule has 1 atom stereocenters. The Morgan fingerprint density at radius 3 is 2.59 bits per heavy atom. The summed E-state index contributed by atoms with van der Waals surface area (Å²) in [6.45, 7) is 2.35. The Morgan fingerprint density at radius 2 is 1.85 bits per heavy atom. The van der Waals surface area contributed by atoms with Crippen molar-refractivity contribution in [3.05, 3.63) is 29.3 Å². The van der Waals surface area contributed by atoms with Crippen molar-refractivity contribution in [2.75, 3.05) is 25.1 Å². The lowest BCUT2D eigenvalue weighted by Crippen LogP contribution is -2.54. The van der Waals surface area contributed by atoms with E-state index in [2.05, 4.69) is 10.6 Å². The monoisotopic (exact) mass is 473 g/mol. The number of carbonyl (C=O) groups excluding carboxylic acids is 6. The smallest absolute Gasteiger partial charge is 0.302 e. The van der Waals surface area contributed by atoms with Crippen LogP contribution in [-0.4, -0.2) is 66.3 Å². The number of carbonyl (C=O) groups is 6. The van der Waals surface area contributed by atoms with Crippen molar-refractivity contribution in [1.29, 1.82) is 0 Å². The van der Waals surface area contributed by atoms with Gasteiger partial charge in [0.1, 0.15) is 12.6 Å². The number of nitrogens with zero attached hydrogens (tertiary/aromatic N) is 1. The van der Waals surface area contributed by atoms with Crippen LogP contribution in [0.3, 0.4) is 0 Å². The number of amides is 5. The van der Waals surface area contributed by atoms with E-state index in [1.807, 2.05) is 0 Å². The molecular weight excluding hydrogens is 446 g/mol. The van der Waals surface area contributed by atoms with Crippen molar-refractivity contribution in [1.82, 2.24) is 10.2 Å². The van der Waals surface area contributed by atoms with E-state index in [9.17, 15) is 28.8 Å². The van der Waals surface area contributed by atoms with Gasteiger partial charge >= 0.3 is 5.97 Å². The molecule has 11 nitrogen and oxygen atoms in total. The summed E-state index contributed by atoms with van der Waals surface area (Å²) < 4.78 is 10.1. The van der Waals surface area contributed by atoms with Gasteiger partial charge in [-0.05, 0) is 31.4 Å². The van der Waals surface area contributed by atoms with Gasteiger partial charge in [-0.25, -0.2) is 0 Å². The van der Waals surface area contributed by atoms with Crippen molar-refractivity contribution in [3.63, 3.8) is 0 Å². The van der Waals surface area contributed by atoms with Crippen LogP contribution in [0.2, 0.25) is 0 Å². The standard InChI is InChI=1S/C23H27N3O8/c1-14(27)34-13-12-33-11-4-2-3-8-18(28)24-16-7-5-6-15-20(16)23(32)26(22(15)31)17-9-10-19(29)25-21(17)30/h5-7,17H,2-4,8-13H2,1H3,(H,24,28)(H,25,29,30). The first kappa shape index (κ1) is 25.0. The highest BCUT2D eigenvalue weighted by Gasteiger charge is 2.45. The lowest BCUT2D eigenvalue weighted by molar-refractivity contribution is -0.142. The van der Waals surface area contributed by atoms with E-state index in [4.69, 9.17) is 9.47 Å². The van der Waals surface area contributed by atoms with Gasteiger partial charge in [0.25, 0.3) is 11.8 Å². The number of nitrogens with one attached hydrogen (secondary N) is 2. The molecule has 0 bridgehead atoms. The first-order valence-electron chi connectivity index (χ1n) is 11.1. The first-order valence-corrected chi connectivity index (χ1v) is 11.1. The highest BCUT2D eigenvalue weighted by molar-refractivity contribution is 6.26. The first-order chi connectivity index (χ1) is 16.3. The minimum atomic E-state index is -1.06. The fourth-order valence-corrected chi connectivity index (χ4v) is 3.84. The second-order valence-corrected chi connectivity index (χ2v) is 7.99. The quantitative estimate of drug-likeness (QED) is 0.276. The third-order valence-corrected chi connectivity index (χ3v) is 5.47. The molecule has 0 radical (unpaired) electrons. The molecule has 34 heavy (non-hydrogen) atoms. The molecule has 2 N–H and O–H groups in total. The van der Waals surface area contributed by atoms with Crippen LogP contribution in [-0.2, 0) is 28.7 Å². The Bertz CT molecular complexity index is 1010. The molecule has 11 heteroatoms. The van der Waals surface area contributed by atoms with Crippen LogP contribution in [0, 0.1) is 0 Å². The molecule has 182 valence electrons. The van der Waals surface area contributed by atoms with Gasteiger partial charge in [-0.2, -0.15) is 0 Å². The van der Waals surface area contributed by atoms with Crippen LogP contribution in [0.4, 0.5) is 5.69 Å². The minimum absolute atomic E-state index is 0.0324. The molecule has 1 aromatic rings. The van der Waals surface area contributed by atoms with Gasteiger partial charge in [0, 0.05) is 26.4 Å². The predicted octanol–water partition coefficient (Wildman–Crippen LogP) is 1.17. The number of rotatable bonds is 11. The largest absolute Gasteiger partial charge is 0.463 e. The summed E-state index contributed by atoms with van der Waals surface area (Å²) >= 11 is 0. The van der Waals surface area contributed by atoms with E-state index < -0.39 is 29.7 Å². The van der Waals surface area contributed by atoms with Gasteiger partial charge < -0.3 is 14.8 Å². The fraction of sp³-hybridized carbons (Fsp3) is 0.478. The summed E-state index contributed by atoms with van der Waals surface area (Å²) in [7, 11) is 0. The molecular formula is C23H27N3O8. The maximum absolute atomic E-state index is 13.0. The van der Waals surface area contributed by atoms with Crippen LogP contribution < -0.4 is 10.6 Å². The normalized spacial score (nSPS) is 17.4. The molecule has 0 spiro atoms. The molecule has 2 aliphatic rings. The maximum Gasteiger partial charge on any atom is 0.302 e. The fourth-order valence-electron chi connectivity index (χ4n) is 3.84. The van der Waals surface area contributed by atoms with Gasteiger partial charge in [-0.3, -0.25) is 39.0 Å². The molecule has 2 heterocycles. The second-order valence-electron chi connectivity index (χ2n) is 7.99. The lowest BCUT2D eigenvalue weighted by Gasteiger charge is -2.27. The maximum atomic E-state index is 13.0. The van der Waals surface area contributed by atoms with E-state index >= 15 is 0 Å². The number of imide groups is 2. The summed E-state index contributed by atoms with van der Waals surface area (Å²) in [5.41, 5.74) is 0.370. The number of hydrogen-bond donors (Lipinski definition) is 2. The van der Waals surface area contributed by atoms with Gasteiger partial charge in [0.2, 0.25) is 17.7 Å². The Hall–Kier alpha value is -3.60. The van der Waals surface area contributed by atoms with E-state index in [1.165, 1.54) is 19.1 Å². The third kappa shape index (κ3) is 6.04. The Morgan fingerprint density at radius 1 is 1.06 bits per heavy atom. The average Bonchev–Trinajstić information content (AvgIpc) is 3.03. The Balaban J connectivity index is 1.50. The zero-order valence-electron chi connectivity index (χ0n) is 18.9. The van der Waals surface area contributed by atoms with Crippen molar-refractivity contribution in [2.24, 2.45) is 0 Å². The predicted molar refractivity (Wildman–Crippen MR) is 118 cm³/mol. The number of ether oxygens (including phenoxy) is 2. The Kier molecular flexibility index (Phi) is 8.47. The molecule has 0 saturated carbocycles. The summed E-state index contributed by atoms with van der Waals surface area (Å²) in [4.78, 5) is 73.4. The number of benzene rings is 1. The van der Waals surface area contributed by atoms with E-state index in [-0.39, 0.29) is 54.6 Å². The van der Waals surface area contributed by atoms with Crippen molar-refractivity contribution >= 4 is 41.2 Å². The third-order valence-electron chi connectivity index (χ3n) is 5.47. The summed E-state index contributed by atoms with van der Waals surface area (Å²) in [6, 6.07) is 3.50. The molecule has 2 aliphatic heterocycles. The number of unbranched alkanes of at least 4 members (excludes halogenated alkanes) is 2. The zero-order chi connectivity index (χ0) is 24.7. The van der Waals surface area contributed by atoms with Crippen molar-refractivity contribution in [3.8, 4) is 0 Å². The SMILES string of the molecule is CC(=O)OCCOCCCCCC(=O)Nc1cccc2c1C(=O)N(C1CCC(=O)NC1=O)C2=O. The lowest BCUT2D eigenvalue weighted by atomic mass is 10.0. The molecule has 1 aromatic carbocycles. The van der Waals surface area contributed by atoms with Gasteiger partial charge in [0.15, 0.2) is 0 Å². The zero-order valence-corrected chi connectivity index (χ0v) is 18.9. The summed E-state index contributed by atoms with van der Waals surface area (Å²) in [5.74, 6) is -3.08. The van der Waals surface area contributed by atoms with E-state index in [1.54, 1.807) is 6.07 Å². The van der Waals surface area contributed by atoms with Crippen LogP contribution in [0.25, 0.3) is 0 Å². The van der Waals surface area contributed by atoms with Crippen molar-refractivity contribution in [2.45, 2.75) is 51.5 Å². The van der Waals surface area contributed by atoms with Crippen LogP contribution in [0.1, 0.15) is 66.2 Å². The molecule has 1 fully saturated rings. The van der Waals surface area contributed by atoms with Crippen LogP contribution in [0.15, 0.2) is 18.2 Å². The van der Waals surface area contributed by atoms with Gasteiger partial charge in [-0.15, -0.1) is 0 Å². The highest BCUT2D eigenvalue weighted by atomic mass is 16.6. The molecule has 0 aromatic heterocycles. The van der Waals surface area contributed by atoms with Crippen LogP contribution in [0.5, 0.6) is 0 Å². The Labute approximate surface area is 196 Å². The number of hydrogen-bond acceptors (Lipinski definition) is 8. The topological polar surface area (TPSA) is 148 Å². The molecule has 1 saturated heterocycles. The summed E-state index contributed by atoms with van der Waals surface area (Å²) in [6.07, 6.45) is 2.39.